The Hall–Kier alpha value is -1.92. The smallest absolute Gasteiger partial charge is 0.138 e. The molecule has 0 aliphatic carbocycles. The molecule has 2 aliphatic rings. The van der Waals surface area contributed by atoms with Gasteiger partial charge in [0, 0.05) is 44.5 Å². The summed E-state index contributed by atoms with van der Waals surface area (Å²) in [4.78, 5) is 6.59. The van der Waals surface area contributed by atoms with Crippen LogP contribution in [0.3, 0.4) is 0 Å². The molecular formula is C18H24N4O2. The molecule has 0 saturated carbocycles. The van der Waals surface area contributed by atoms with Gasteiger partial charge in [0.2, 0.25) is 0 Å². The molecule has 0 bridgehead atoms. The van der Waals surface area contributed by atoms with Crippen molar-refractivity contribution in [3.05, 3.63) is 42.5 Å². The zero-order valence-corrected chi connectivity index (χ0v) is 14.1. The van der Waals surface area contributed by atoms with Gasteiger partial charge in [-0.25, -0.2) is 0 Å². The van der Waals surface area contributed by atoms with Crippen LogP contribution in [0.25, 0.3) is 0 Å². The average molecular weight is 328 g/mol. The molecule has 2 saturated heterocycles. The lowest BCUT2D eigenvalue weighted by Crippen LogP contribution is -2.47. The van der Waals surface area contributed by atoms with E-state index in [4.69, 9.17) is 9.47 Å². The number of nitrogens with zero attached hydrogens (tertiary/aromatic N) is 4. The Bertz CT molecular complexity index is 675. The van der Waals surface area contributed by atoms with Crippen LogP contribution in [0.1, 0.15) is 24.8 Å². The van der Waals surface area contributed by atoms with Crippen molar-refractivity contribution in [2.45, 2.75) is 37.5 Å². The largest absolute Gasteiger partial charge is 0.486 e. The minimum atomic E-state index is -0.0622. The Labute approximate surface area is 142 Å². The Kier molecular flexibility index (Phi) is 4.24. The summed E-state index contributed by atoms with van der Waals surface area (Å²) in [5.74, 6) is 0.825. The summed E-state index contributed by atoms with van der Waals surface area (Å²) < 4.78 is 14.1. The quantitative estimate of drug-likeness (QED) is 0.859. The van der Waals surface area contributed by atoms with E-state index in [2.05, 4.69) is 21.2 Å². The topological polar surface area (TPSA) is 52.4 Å². The lowest BCUT2D eigenvalue weighted by atomic mass is 9.89. The molecule has 4 rings (SSSR count). The highest BCUT2D eigenvalue weighted by Crippen LogP contribution is 2.36. The van der Waals surface area contributed by atoms with E-state index in [1.165, 1.54) is 12.0 Å². The predicted octanol–water partition coefficient (Wildman–Crippen LogP) is 2.02. The molecule has 2 aliphatic heterocycles. The number of hydrogen-bond acceptors (Lipinski definition) is 5. The summed E-state index contributed by atoms with van der Waals surface area (Å²) in [5, 5.41) is 4.26. The van der Waals surface area contributed by atoms with Crippen molar-refractivity contribution in [2.24, 2.45) is 7.05 Å². The number of aryl methyl sites for hydroxylation is 1. The molecule has 0 radical (unpaired) electrons. The van der Waals surface area contributed by atoms with E-state index in [9.17, 15) is 0 Å². The lowest BCUT2D eigenvalue weighted by Gasteiger charge is -2.39. The van der Waals surface area contributed by atoms with Gasteiger partial charge in [-0.15, -0.1) is 0 Å². The number of piperidine rings is 1. The van der Waals surface area contributed by atoms with E-state index >= 15 is 0 Å². The maximum Gasteiger partial charge on any atom is 0.138 e. The van der Waals surface area contributed by atoms with Crippen LogP contribution in [0, 0.1) is 0 Å². The van der Waals surface area contributed by atoms with Crippen molar-refractivity contribution in [1.82, 2.24) is 19.7 Å². The molecule has 2 aromatic heterocycles. The fraction of sp³-hybridized carbons (Fsp3) is 0.556. The second-order valence-corrected chi connectivity index (χ2v) is 6.96. The fourth-order valence-electron chi connectivity index (χ4n) is 3.91. The SMILES string of the molecule is Cn1cc(CN2CCC[C@@]3(C[C@@H](Oc4cccnc4)CO3)C2)cn1. The van der Waals surface area contributed by atoms with Crippen LogP contribution in [-0.4, -0.2) is 51.1 Å². The number of likely N-dealkylation sites (tertiary alicyclic amines) is 1. The molecule has 2 atom stereocenters. The fourth-order valence-corrected chi connectivity index (χ4v) is 3.91. The second-order valence-electron chi connectivity index (χ2n) is 6.96. The van der Waals surface area contributed by atoms with Gasteiger partial charge in [-0.3, -0.25) is 14.6 Å². The zero-order chi connectivity index (χ0) is 16.4. The molecule has 0 unspecified atom stereocenters. The molecule has 2 aromatic rings. The van der Waals surface area contributed by atoms with Gasteiger partial charge >= 0.3 is 0 Å². The number of ether oxygens (including phenoxy) is 2. The third-order valence-corrected chi connectivity index (χ3v) is 4.90. The van der Waals surface area contributed by atoms with Crippen molar-refractivity contribution >= 4 is 0 Å². The average Bonchev–Trinajstić information content (AvgIpc) is 3.15. The van der Waals surface area contributed by atoms with E-state index in [1.54, 1.807) is 12.4 Å². The zero-order valence-electron chi connectivity index (χ0n) is 14.1. The predicted molar refractivity (Wildman–Crippen MR) is 89.7 cm³/mol. The van der Waals surface area contributed by atoms with Crippen molar-refractivity contribution in [1.29, 1.82) is 0 Å². The third kappa shape index (κ3) is 3.44. The monoisotopic (exact) mass is 328 g/mol. The highest BCUT2D eigenvalue weighted by Gasteiger charge is 2.44. The highest BCUT2D eigenvalue weighted by atomic mass is 16.6. The van der Waals surface area contributed by atoms with E-state index in [1.807, 2.05) is 30.1 Å². The van der Waals surface area contributed by atoms with Crippen LogP contribution in [0.4, 0.5) is 0 Å². The minimum absolute atomic E-state index is 0.0622. The Morgan fingerprint density at radius 1 is 1.42 bits per heavy atom. The minimum Gasteiger partial charge on any atom is -0.486 e. The first kappa shape index (κ1) is 15.6. The third-order valence-electron chi connectivity index (χ3n) is 4.90. The van der Waals surface area contributed by atoms with E-state index in [0.29, 0.717) is 6.61 Å². The van der Waals surface area contributed by atoms with E-state index < -0.39 is 0 Å². The van der Waals surface area contributed by atoms with Crippen LogP contribution < -0.4 is 4.74 Å². The van der Waals surface area contributed by atoms with Crippen LogP contribution in [0.5, 0.6) is 5.75 Å². The number of aromatic nitrogens is 3. The first-order chi connectivity index (χ1) is 11.7. The van der Waals surface area contributed by atoms with Crippen molar-refractivity contribution in [3.8, 4) is 5.75 Å². The van der Waals surface area contributed by atoms with Gasteiger partial charge in [0.05, 0.1) is 24.6 Å². The number of rotatable bonds is 4. The summed E-state index contributed by atoms with van der Waals surface area (Å²) in [5.41, 5.74) is 1.20. The maximum atomic E-state index is 6.23. The second kappa shape index (κ2) is 6.53. The molecule has 24 heavy (non-hydrogen) atoms. The molecule has 128 valence electrons. The summed E-state index contributed by atoms with van der Waals surface area (Å²) in [6.07, 6.45) is 10.9. The standard InChI is InChI=1S/C18H24N4O2/c1-21-11-15(9-20-21)12-22-7-3-5-18(14-22)8-17(13-23-18)24-16-4-2-6-19-10-16/h2,4,6,9-11,17H,3,5,7-8,12-14H2,1H3/t17-,18-/m1/s1. The van der Waals surface area contributed by atoms with Gasteiger partial charge in [-0.1, -0.05) is 0 Å². The van der Waals surface area contributed by atoms with Gasteiger partial charge < -0.3 is 9.47 Å². The summed E-state index contributed by atoms with van der Waals surface area (Å²) in [6.45, 7) is 3.69. The molecule has 6 nitrogen and oxygen atoms in total. The van der Waals surface area contributed by atoms with Crippen molar-refractivity contribution < 1.29 is 9.47 Å². The summed E-state index contributed by atoms with van der Waals surface area (Å²) in [7, 11) is 1.96. The van der Waals surface area contributed by atoms with Crippen molar-refractivity contribution in [2.75, 3.05) is 19.7 Å². The van der Waals surface area contributed by atoms with Gasteiger partial charge in [-0.05, 0) is 31.5 Å². The summed E-state index contributed by atoms with van der Waals surface area (Å²) >= 11 is 0. The van der Waals surface area contributed by atoms with Gasteiger partial charge in [0.1, 0.15) is 11.9 Å². The summed E-state index contributed by atoms with van der Waals surface area (Å²) in [6, 6.07) is 3.85. The molecule has 0 N–H and O–H groups in total. The normalized spacial score (nSPS) is 27.6. The first-order valence-corrected chi connectivity index (χ1v) is 8.61. The number of pyridine rings is 1. The first-order valence-electron chi connectivity index (χ1n) is 8.61. The molecule has 0 aromatic carbocycles. The Morgan fingerprint density at radius 3 is 3.17 bits per heavy atom. The Morgan fingerprint density at radius 2 is 2.38 bits per heavy atom. The maximum absolute atomic E-state index is 6.23. The Balaban J connectivity index is 1.36. The van der Waals surface area contributed by atoms with Crippen LogP contribution in [-0.2, 0) is 18.3 Å². The van der Waals surface area contributed by atoms with Gasteiger partial charge in [0.25, 0.3) is 0 Å². The van der Waals surface area contributed by atoms with Gasteiger partial charge in [-0.2, -0.15) is 5.10 Å². The number of hydrogen-bond donors (Lipinski definition) is 0. The van der Waals surface area contributed by atoms with Gasteiger partial charge in [0.15, 0.2) is 0 Å². The molecule has 4 heterocycles. The van der Waals surface area contributed by atoms with Crippen LogP contribution >= 0.6 is 0 Å². The highest BCUT2D eigenvalue weighted by molar-refractivity contribution is 5.16. The van der Waals surface area contributed by atoms with Crippen LogP contribution in [0.15, 0.2) is 36.9 Å². The molecular weight excluding hydrogens is 304 g/mol. The molecule has 6 heteroatoms. The van der Waals surface area contributed by atoms with E-state index in [0.717, 1.165) is 38.2 Å². The molecule has 1 spiro atoms. The molecule has 0 amide bonds. The van der Waals surface area contributed by atoms with Crippen LogP contribution in [0.2, 0.25) is 0 Å². The molecule has 2 fully saturated rings. The van der Waals surface area contributed by atoms with E-state index in [-0.39, 0.29) is 11.7 Å². The van der Waals surface area contributed by atoms with Crippen molar-refractivity contribution in [3.63, 3.8) is 0 Å². The lowest BCUT2D eigenvalue weighted by molar-refractivity contribution is -0.0538.